The summed E-state index contributed by atoms with van der Waals surface area (Å²) in [5.41, 5.74) is 2.19. The molecular formula is C12H9BrN2. The molecule has 1 heterocycles. The van der Waals surface area contributed by atoms with Crippen molar-refractivity contribution in [2.75, 3.05) is 0 Å². The smallest absolute Gasteiger partial charge is 0.0568 e. The highest BCUT2D eigenvalue weighted by atomic mass is 79.9. The molecule has 0 aliphatic heterocycles. The minimum Gasteiger partial charge on any atom is -0.159 e. The fraction of sp³-hybridized carbons (Fsp3) is 0. The molecule has 1 aromatic carbocycles. The first-order valence-electron chi connectivity index (χ1n) is 4.55. The van der Waals surface area contributed by atoms with E-state index >= 15 is 0 Å². The van der Waals surface area contributed by atoms with Crippen LogP contribution in [-0.2, 0) is 0 Å². The molecule has 0 aliphatic rings. The lowest BCUT2D eigenvalue weighted by Gasteiger charge is -1.96. The lowest BCUT2D eigenvalue weighted by Crippen LogP contribution is -1.79. The van der Waals surface area contributed by atoms with Gasteiger partial charge in [-0.25, -0.2) is 0 Å². The van der Waals surface area contributed by atoms with Crippen LogP contribution in [0.2, 0.25) is 0 Å². The van der Waals surface area contributed by atoms with Crippen molar-refractivity contribution in [2.24, 2.45) is 0 Å². The Morgan fingerprint density at radius 1 is 1.00 bits per heavy atom. The molecule has 2 rings (SSSR count). The number of aromatic nitrogens is 2. The molecule has 3 heteroatoms. The Morgan fingerprint density at radius 3 is 2.60 bits per heavy atom. The summed E-state index contributed by atoms with van der Waals surface area (Å²) in [5, 5.41) is 7.53. The highest BCUT2D eigenvalue weighted by Gasteiger charge is 1.92. The number of rotatable bonds is 2. The van der Waals surface area contributed by atoms with E-state index in [1.54, 1.807) is 12.4 Å². The van der Waals surface area contributed by atoms with Crippen molar-refractivity contribution in [2.45, 2.75) is 0 Å². The standard InChI is InChI=1S/C12H9BrN2/c13-12-4-2-1-3-11(12)6-5-10-7-8-14-15-9-10/h1-9H/b6-5+. The van der Waals surface area contributed by atoms with Gasteiger partial charge in [-0.1, -0.05) is 46.3 Å². The Morgan fingerprint density at radius 2 is 1.87 bits per heavy atom. The molecule has 2 aromatic rings. The van der Waals surface area contributed by atoms with E-state index in [1.165, 1.54) is 0 Å². The molecule has 0 radical (unpaired) electrons. The average Bonchev–Trinajstić information content (AvgIpc) is 2.29. The second-order valence-corrected chi connectivity index (χ2v) is 3.88. The van der Waals surface area contributed by atoms with Crippen LogP contribution in [0.1, 0.15) is 11.1 Å². The zero-order chi connectivity index (χ0) is 10.5. The second-order valence-electron chi connectivity index (χ2n) is 3.03. The Hall–Kier alpha value is -1.48. The topological polar surface area (TPSA) is 25.8 Å². The predicted octanol–water partition coefficient (Wildman–Crippen LogP) is 3.41. The van der Waals surface area contributed by atoms with E-state index in [0.29, 0.717) is 0 Å². The van der Waals surface area contributed by atoms with Gasteiger partial charge >= 0.3 is 0 Å². The summed E-state index contributed by atoms with van der Waals surface area (Å²) >= 11 is 3.49. The van der Waals surface area contributed by atoms with E-state index in [4.69, 9.17) is 0 Å². The zero-order valence-corrected chi connectivity index (χ0v) is 9.55. The highest BCUT2D eigenvalue weighted by Crippen LogP contribution is 2.18. The van der Waals surface area contributed by atoms with E-state index < -0.39 is 0 Å². The molecular weight excluding hydrogens is 252 g/mol. The molecule has 0 unspecified atom stereocenters. The van der Waals surface area contributed by atoms with Crippen LogP contribution in [0.4, 0.5) is 0 Å². The van der Waals surface area contributed by atoms with Gasteiger partial charge in [0.1, 0.15) is 0 Å². The average molecular weight is 261 g/mol. The number of halogens is 1. The van der Waals surface area contributed by atoms with Crippen molar-refractivity contribution >= 4 is 28.1 Å². The normalized spacial score (nSPS) is 10.7. The van der Waals surface area contributed by atoms with Crippen LogP contribution in [0, 0.1) is 0 Å². The number of hydrogen-bond donors (Lipinski definition) is 0. The van der Waals surface area contributed by atoms with E-state index in [1.807, 2.05) is 36.4 Å². The van der Waals surface area contributed by atoms with Crippen molar-refractivity contribution in [1.82, 2.24) is 10.2 Å². The summed E-state index contributed by atoms with van der Waals surface area (Å²) in [6.07, 6.45) is 7.46. The lowest BCUT2D eigenvalue weighted by atomic mass is 10.2. The van der Waals surface area contributed by atoms with Crippen LogP contribution in [-0.4, -0.2) is 10.2 Å². The molecule has 0 spiro atoms. The summed E-state index contributed by atoms with van der Waals surface area (Å²) in [4.78, 5) is 0. The Balaban J connectivity index is 2.23. The molecule has 0 amide bonds. The first kappa shape index (κ1) is 10.1. The van der Waals surface area contributed by atoms with Gasteiger partial charge in [0, 0.05) is 4.47 Å². The van der Waals surface area contributed by atoms with Crippen LogP contribution >= 0.6 is 15.9 Å². The molecule has 0 aliphatic carbocycles. The molecule has 0 bridgehead atoms. The second kappa shape index (κ2) is 4.84. The maximum atomic E-state index is 3.81. The summed E-state index contributed by atoms with van der Waals surface area (Å²) in [6, 6.07) is 9.99. The van der Waals surface area contributed by atoms with Crippen LogP contribution in [0.25, 0.3) is 12.2 Å². The van der Waals surface area contributed by atoms with Gasteiger partial charge in [0.05, 0.1) is 12.4 Å². The van der Waals surface area contributed by atoms with E-state index in [9.17, 15) is 0 Å². The van der Waals surface area contributed by atoms with Gasteiger partial charge in [0.2, 0.25) is 0 Å². The Labute approximate surface area is 96.8 Å². The van der Waals surface area contributed by atoms with Gasteiger partial charge < -0.3 is 0 Å². The largest absolute Gasteiger partial charge is 0.159 e. The molecule has 74 valence electrons. The third kappa shape index (κ3) is 2.73. The fourth-order valence-corrected chi connectivity index (χ4v) is 1.61. The molecule has 0 saturated heterocycles. The Bertz CT molecular complexity index is 466. The molecule has 2 nitrogen and oxygen atoms in total. The van der Waals surface area contributed by atoms with Crippen LogP contribution in [0.5, 0.6) is 0 Å². The van der Waals surface area contributed by atoms with Crippen molar-refractivity contribution in [1.29, 1.82) is 0 Å². The van der Waals surface area contributed by atoms with E-state index in [-0.39, 0.29) is 0 Å². The minimum atomic E-state index is 1.04. The monoisotopic (exact) mass is 260 g/mol. The van der Waals surface area contributed by atoms with Crippen molar-refractivity contribution < 1.29 is 0 Å². The van der Waals surface area contributed by atoms with Gasteiger partial charge in [-0.15, -0.1) is 0 Å². The fourth-order valence-electron chi connectivity index (χ4n) is 1.20. The first-order chi connectivity index (χ1) is 7.36. The number of hydrogen-bond acceptors (Lipinski definition) is 2. The maximum Gasteiger partial charge on any atom is 0.0568 e. The van der Waals surface area contributed by atoms with E-state index in [2.05, 4.69) is 32.2 Å². The first-order valence-corrected chi connectivity index (χ1v) is 5.35. The predicted molar refractivity (Wildman–Crippen MR) is 65.1 cm³/mol. The van der Waals surface area contributed by atoms with Gasteiger partial charge in [0.15, 0.2) is 0 Å². The van der Waals surface area contributed by atoms with Crippen LogP contribution < -0.4 is 0 Å². The summed E-state index contributed by atoms with van der Waals surface area (Å²) in [5.74, 6) is 0. The molecule has 0 fully saturated rings. The van der Waals surface area contributed by atoms with Gasteiger partial charge in [0.25, 0.3) is 0 Å². The van der Waals surface area contributed by atoms with Gasteiger partial charge in [-0.05, 0) is 23.3 Å². The highest BCUT2D eigenvalue weighted by molar-refractivity contribution is 9.10. The third-order valence-electron chi connectivity index (χ3n) is 1.97. The summed E-state index contributed by atoms with van der Waals surface area (Å²) < 4.78 is 1.09. The molecule has 0 N–H and O–H groups in total. The third-order valence-corrected chi connectivity index (χ3v) is 2.69. The van der Waals surface area contributed by atoms with Crippen LogP contribution in [0.15, 0.2) is 47.2 Å². The van der Waals surface area contributed by atoms with E-state index in [0.717, 1.165) is 15.6 Å². The molecule has 1 aromatic heterocycles. The number of benzene rings is 1. The quantitative estimate of drug-likeness (QED) is 0.827. The van der Waals surface area contributed by atoms with Crippen molar-refractivity contribution in [3.63, 3.8) is 0 Å². The zero-order valence-electron chi connectivity index (χ0n) is 7.97. The van der Waals surface area contributed by atoms with Crippen molar-refractivity contribution in [3.05, 3.63) is 58.3 Å². The minimum absolute atomic E-state index is 1.04. The van der Waals surface area contributed by atoms with Crippen LogP contribution in [0.3, 0.4) is 0 Å². The van der Waals surface area contributed by atoms with Crippen molar-refractivity contribution in [3.8, 4) is 0 Å². The summed E-state index contributed by atoms with van der Waals surface area (Å²) in [7, 11) is 0. The van der Waals surface area contributed by atoms with Gasteiger partial charge in [-0.3, -0.25) is 0 Å². The lowest BCUT2D eigenvalue weighted by molar-refractivity contribution is 1.03. The molecule has 0 atom stereocenters. The SMILES string of the molecule is Brc1ccccc1/C=C/c1ccnnc1. The molecule has 0 saturated carbocycles. The number of nitrogens with zero attached hydrogens (tertiary/aromatic N) is 2. The maximum absolute atomic E-state index is 3.81. The van der Waals surface area contributed by atoms with Gasteiger partial charge in [-0.2, -0.15) is 10.2 Å². The molecule has 15 heavy (non-hydrogen) atoms. The summed E-state index contributed by atoms with van der Waals surface area (Å²) in [6.45, 7) is 0. The Kier molecular flexibility index (Phi) is 3.25.